The molecule has 14 heavy (non-hydrogen) atoms. The number of benzene rings is 1. The first-order chi connectivity index (χ1) is 6.66. The molecule has 0 spiro atoms. The maximum Gasteiger partial charge on any atom is 0.203 e. The number of halogens is 1. The Bertz CT molecular complexity index is 467. The standard InChI is InChI=1S/C9H8BrN3S/c1-5-4-6(2-3-7(5)10)8-12-13-9(11)14-8/h2-4H,1H3,(H2,11,13). The van der Waals surface area contributed by atoms with Gasteiger partial charge in [-0.1, -0.05) is 33.3 Å². The van der Waals surface area contributed by atoms with Gasteiger partial charge in [-0.3, -0.25) is 0 Å². The molecule has 2 rings (SSSR count). The van der Waals surface area contributed by atoms with Gasteiger partial charge in [0.1, 0.15) is 5.01 Å². The van der Waals surface area contributed by atoms with Crippen molar-refractivity contribution >= 4 is 32.4 Å². The molecule has 2 N–H and O–H groups in total. The van der Waals surface area contributed by atoms with E-state index < -0.39 is 0 Å². The van der Waals surface area contributed by atoms with Gasteiger partial charge in [0, 0.05) is 10.0 Å². The van der Waals surface area contributed by atoms with E-state index in [9.17, 15) is 0 Å². The van der Waals surface area contributed by atoms with Gasteiger partial charge in [0.2, 0.25) is 5.13 Å². The molecular weight excluding hydrogens is 262 g/mol. The van der Waals surface area contributed by atoms with E-state index in [2.05, 4.69) is 32.2 Å². The lowest BCUT2D eigenvalue weighted by Gasteiger charge is -1.99. The second-order valence-corrected chi connectivity index (χ2v) is 4.77. The number of aryl methyl sites for hydroxylation is 1. The molecule has 0 aliphatic heterocycles. The summed E-state index contributed by atoms with van der Waals surface area (Å²) in [6, 6.07) is 6.06. The first-order valence-corrected chi connectivity index (χ1v) is 5.63. The first kappa shape index (κ1) is 9.61. The van der Waals surface area contributed by atoms with Crippen molar-refractivity contribution in [1.82, 2.24) is 10.2 Å². The van der Waals surface area contributed by atoms with Crippen LogP contribution in [0.15, 0.2) is 22.7 Å². The lowest BCUT2D eigenvalue weighted by atomic mass is 10.1. The maximum absolute atomic E-state index is 5.52. The molecule has 0 saturated carbocycles. The number of nitrogen functional groups attached to an aromatic ring is 1. The van der Waals surface area contributed by atoms with Gasteiger partial charge in [-0.2, -0.15) is 0 Å². The van der Waals surface area contributed by atoms with Gasteiger partial charge in [-0.15, -0.1) is 10.2 Å². The van der Waals surface area contributed by atoms with Crippen molar-refractivity contribution in [2.75, 3.05) is 5.73 Å². The summed E-state index contributed by atoms with van der Waals surface area (Å²) in [5, 5.41) is 9.12. The molecule has 1 aromatic heterocycles. The number of hydrogen-bond donors (Lipinski definition) is 1. The molecule has 0 saturated heterocycles. The van der Waals surface area contributed by atoms with E-state index >= 15 is 0 Å². The minimum absolute atomic E-state index is 0.501. The molecule has 2 aromatic rings. The average molecular weight is 270 g/mol. The van der Waals surface area contributed by atoms with Crippen LogP contribution in [0, 0.1) is 6.92 Å². The molecule has 0 aliphatic rings. The normalized spacial score (nSPS) is 10.4. The van der Waals surface area contributed by atoms with Crippen molar-refractivity contribution in [1.29, 1.82) is 0 Å². The number of nitrogens with zero attached hydrogens (tertiary/aromatic N) is 2. The van der Waals surface area contributed by atoms with Crippen molar-refractivity contribution in [3.63, 3.8) is 0 Å². The summed E-state index contributed by atoms with van der Waals surface area (Å²) in [7, 11) is 0. The Balaban J connectivity index is 2.47. The van der Waals surface area contributed by atoms with Crippen molar-refractivity contribution in [3.8, 4) is 10.6 Å². The topological polar surface area (TPSA) is 51.8 Å². The Morgan fingerprint density at radius 1 is 1.36 bits per heavy atom. The van der Waals surface area contributed by atoms with Crippen molar-refractivity contribution < 1.29 is 0 Å². The van der Waals surface area contributed by atoms with E-state index in [0.717, 1.165) is 15.0 Å². The third-order valence-electron chi connectivity index (χ3n) is 1.85. The summed E-state index contributed by atoms with van der Waals surface area (Å²) in [4.78, 5) is 0. The zero-order chi connectivity index (χ0) is 10.1. The number of rotatable bonds is 1. The zero-order valence-corrected chi connectivity index (χ0v) is 9.89. The SMILES string of the molecule is Cc1cc(-c2nnc(N)s2)ccc1Br. The van der Waals surface area contributed by atoms with Crippen LogP contribution in [0.5, 0.6) is 0 Å². The van der Waals surface area contributed by atoms with Crippen molar-refractivity contribution in [3.05, 3.63) is 28.2 Å². The van der Waals surface area contributed by atoms with Crippen LogP contribution in [0.3, 0.4) is 0 Å². The van der Waals surface area contributed by atoms with Crippen LogP contribution in [0.2, 0.25) is 0 Å². The third kappa shape index (κ3) is 1.78. The summed E-state index contributed by atoms with van der Waals surface area (Å²) < 4.78 is 1.10. The van der Waals surface area contributed by atoms with Crippen LogP contribution in [0.1, 0.15) is 5.56 Å². The molecule has 0 fully saturated rings. The molecule has 1 aromatic carbocycles. The molecular formula is C9H8BrN3S. The van der Waals surface area contributed by atoms with Crippen LogP contribution in [-0.2, 0) is 0 Å². The highest BCUT2D eigenvalue weighted by molar-refractivity contribution is 9.10. The van der Waals surface area contributed by atoms with Gasteiger partial charge in [0.05, 0.1) is 0 Å². The second kappa shape index (κ2) is 3.67. The quantitative estimate of drug-likeness (QED) is 0.866. The second-order valence-electron chi connectivity index (χ2n) is 2.91. The smallest absolute Gasteiger partial charge is 0.203 e. The zero-order valence-electron chi connectivity index (χ0n) is 7.49. The van der Waals surface area contributed by atoms with Crippen LogP contribution in [0.25, 0.3) is 10.6 Å². The Morgan fingerprint density at radius 2 is 2.14 bits per heavy atom. The summed E-state index contributed by atoms with van der Waals surface area (Å²) in [6.07, 6.45) is 0. The molecule has 1 heterocycles. The highest BCUT2D eigenvalue weighted by Crippen LogP contribution is 2.27. The minimum Gasteiger partial charge on any atom is -0.374 e. The molecule has 0 unspecified atom stereocenters. The van der Waals surface area contributed by atoms with E-state index in [1.54, 1.807) is 0 Å². The summed E-state index contributed by atoms with van der Waals surface area (Å²) in [5.41, 5.74) is 7.75. The summed E-state index contributed by atoms with van der Waals surface area (Å²) in [6.45, 7) is 2.04. The van der Waals surface area contributed by atoms with Gasteiger partial charge in [0.15, 0.2) is 0 Å². The van der Waals surface area contributed by atoms with Crippen LogP contribution in [0.4, 0.5) is 5.13 Å². The fourth-order valence-corrected chi connectivity index (χ4v) is 1.98. The fourth-order valence-electron chi connectivity index (χ4n) is 1.13. The Labute approximate surface area is 94.1 Å². The molecule has 5 heteroatoms. The molecule has 0 bridgehead atoms. The first-order valence-electron chi connectivity index (χ1n) is 4.02. The Hall–Kier alpha value is -0.940. The monoisotopic (exact) mass is 269 g/mol. The van der Waals surface area contributed by atoms with E-state index in [1.165, 1.54) is 16.9 Å². The molecule has 3 nitrogen and oxygen atoms in total. The fraction of sp³-hybridized carbons (Fsp3) is 0.111. The van der Waals surface area contributed by atoms with Crippen molar-refractivity contribution in [2.24, 2.45) is 0 Å². The lowest BCUT2D eigenvalue weighted by Crippen LogP contribution is -1.81. The largest absolute Gasteiger partial charge is 0.374 e. The van der Waals surface area contributed by atoms with Crippen LogP contribution in [-0.4, -0.2) is 10.2 Å². The van der Waals surface area contributed by atoms with E-state index in [-0.39, 0.29) is 0 Å². The van der Waals surface area contributed by atoms with Gasteiger partial charge < -0.3 is 5.73 Å². The summed E-state index contributed by atoms with van der Waals surface area (Å²) in [5.74, 6) is 0. The van der Waals surface area contributed by atoms with E-state index in [4.69, 9.17) is 5.73 Å². The van der Waals surface area contributed by atoms with Gasteiger partial charge in [0.25, 0.3) is 0 Å². The molecule has 0 atom stereocenters. The highest BCUT2D eigenvalue weighted by Gasteiger charge is 2.05. The Kier molecular flexibility index (Phi) is 2.52. The predicted octanol–water partition coefficient (Wildman–Crippen LogP) is 2.86. The number of anilines is 1. The highest BCUT2D eigenvalue weighted by atomic mass is 79.9. The Morgan fingerprint density at radius 3 is 2.71 bits per heavy atom. The third-order valence-corrected chi connectivity index (χ3v) is 3.54. The lowest BCUT2D eigenvalue weighted by molar-refractivity contribution is 1.10. The van der Waals surface area contributed by atoms with Gasteiger partial charge in [-0.25, -0.2) is 0 Å². The number of aromatic nitrogens is 2. The number of nitrogens with two attached hydrogens (primary N) is 1. The average Bonchev–Trinajstić information content (AvgIpc) is 2.57. The van der Waals surface area contributed by atoms with E-state index in [1.807, 2.05) is 19.1 Å². The predicted molar refractivity (Wildman–Crippen MR) is 62.2 cm³/mol. The van der Waals surface area contributed by atoms with Crippen LogP contribution >= 0.6 is 27.3 Å². The van der Waals surface area contributed by atoms with Gasteiger partial charge >= 0.3 is 0 Å². The van der Waals surface area contributed by atoms with Crippen LogP contribution < -0.4 is 5.73 Å². The summed E-state index contributed by atoms with van der Waals surface area (Å²) >= 11 is 4.85. The molecule has 0 aliphatic carbocycles. The maximum atomic E-state index is 5.52. The van der Waals surface area contributed by atoms with E-state index in [0.29, 0.717) is 5.13 Å². The minimum atomic E-state index is 0.501. The van der Waals surface area contributed by atoms with Crippen molar-refractivity contribution in [2.45, 2.75) is 6.92 Å². The van der Waals surface area contributed by atoms with Gasteiger partial charge in [-0.05, 0) is 24.6 Å². The molecule has 72 valence electrons. The number of hydrogen-bond acceptors (Lipinski definition) is 4. The molecule has 0 radical (unpaired) electrons. The molecule has 0 amide bonds.